The molecule has 3 N–H and O–H groups in total. The van der Waals surface area contributed by atoms with Crippen LogP contribution in [-0.4, -0.2) is 58.5 Å². The lowest BCUT2D eigenvalue weighted by Gasteiger charge is -2.35. The van der Waals surface area contributed by atoms with Gasteiger partial charge in [0.1, 0.15) is 6.04 Å². The monoisotopic (exact) mass is 334 g/mol. The minimum Gasteiger partial charge on any atom is -0.352 e. The van der Waals surface area contributed by atoms with E-state index in [-0.39, 0.29) is 18.0 Å². The number of piperidine rings is 1. The Morgan fingerprint density at radius 3 is 2.75 bits per heavy atom. The Hall–Kier alpha value is -2.38. The molecular weight excluding hydrogens is 308 g/mol. The Bertz CT molecular complexity index is 539. The van der Waals surface area contributed by atoms with E-state index in [0.717, 1.165) is 25.8 Å². The summed E-state index contributed by atoms with van der Waals surface area (Å²) < 4.78 is 0. The van der Waals surface area contributed by atoms with E-state index in [0.29, 0.717) is 19.0 Å². The molecule has 2 rings (SSSR count). The number of aromatic nitrogens is 2. The van der Waals surface area contributed by atoms with Gasteiger partial charge >= 0.3 is 6.03 Å². The third-order valence-electron chi connectivity index (χ3n) is 4.06. The van der Waals surface area contributed by atoms with Crippen LogP contribution in [0.4, 0.5) is 10.7 Å². The Balaban J connectivity index is 1.66. The van der Waals surface area contributed by atoms with Gasteiger partial charge in [-0.1, -0.05) is 0 Å². The number of carbonyl (C=O) groups is 2. The lowest BCUT2D eigenvalue weighted by molar-refractivity contribution is -0.136. The molecule has 0 aliphatic carbocycles. The minimum absolute atomic E-state index is 0.0202. The summed E-state index contributed by atoms with van der Waals surface area (Å²) in [4.78, 5) is 34.2. The molecule has 8 heteroatoms. The molecule has 1 aliphatic rings. The van der Waals surface area contributed by atoms with E-state index in [9.17, 15) is 9.59 Å². The van der Waals surface area contributed by atoms with Gasteiger partial charge in [-0.25, -0.2) is 14.8 Å². The average Bonchev–Trinajstić information content (AvgIpc) is 2.59. The maximum atomic E-state index is 12.4. The molecule has 3 amide bonds. The Morgan fingerprint density at radius 1 is 1.29 bits per heavy atom. The van der Waals surface area contributed by atoms with Crippen molar-refractivity contribution in [1.82, 2.24) is 25.5 Å². The van der Waals surface area contributed by atoms with Crippen LogP contribution in [0.1, 0.15) is 33.1 Å². The normalized spacial score (nSPS) is 18.6. The van der Waals surface area contributed by atoms with Crippen molar-refractivity contribution >= 4 is 17.9 Å². The van der Waals surface area contributed by atoms with Gasteiger partial charge < -0.3 is 20.9 Å². The molecule has 0 spiro atoms. The van der Waals surface area contributed by atoms with Crippen LogP contribution in [0.3, 0.4) is 0 Å². The van der Waals surface area contributed by atoms with E-state index in [1.807, 2.05) is 4.90 Å². The first-order valence-electron chi connectivity index (χ1n) is 8.43. The number of nitrogens with zero attached hydrogens (tertiary/aromatic N) is 3. The molecular formula is C16H26N6O2. The maximum absolute atomic E-state index is 12.4. The molecule has 8 nitrogen and oxygen atoms in total. The lowest BCUT2D eigenvalue weighted by Crippen LogP contribution is -2.53. The zero-order chi connectivity index (χ0) is 17.4. The molecule has 2 heterocycles. The SMILES string of the molecule is C[C@H](NC(=O)NCCNc1ncccn1)C(=O)N1CCCC[C@@H]1C. The summed E-state index contributed by atoms with van der Waals surface area (Å²) in [6.45, 7) is 5.46. The van der Waals surface area contributed by atoms with Gasteiger partial charge in [-0.3, -0.25) is 4.79 Å². The first kappa shape index (κ1) is 18.0. The van der Waals surface area contributed by atoms with E-state index in [1.165, 1.54) is 0 Å². The third-order valence-corrected chi connectivity index (χ3v) is 4.06. The van der Waals surface area contributed by atoms with Crippen molar-refractivity contribution in [2.75, 3.05) is 25.0 Å². The third kappa shape index (κ3) is 5.36. The van der Waals surface area contributed by atoms with Gasteiger partial charge in [0.05, 0.1) is 0 Å². The average molecular weight is 334 g/mol. The van der Waals surface area contributed by atoms with Gasteiger partial charge in [-0.15, -0.1) is 0 Å². The van der Waals surface area contributed by atoms with Gasteiger partial charge in [0.25, 0.3) is 0 Å². The Kier molecular flexibility index (Phi) is 6.77. The van der Waals surface area contributed by atoms with Crippen LogP contribution in [-0.2, 0) is 4.79 Å². The van der Waals surface area contributed by atoms with Crippen LogP contribution in [0.25, 0.3) is 0 Å². The van der Waals surface area contributed by atoms with E-state index < -0.39 is 6.04 Å². The fourth-order valence-electron chi connectivity index (χ4n) is 2.72. The second-order valence-corrected chi connectivity index (χ2v) is 6.00. The second-order valence-electron chi connectivity index (χ2n) is 6.00. The van der Waals surface area contributed by atoms with Crippen molar-refractivity contribution in [1.29, 1.82) is 0 Å². The largest absolute Gasteiger partial charge is 0.352 e. The minimum atomic E-state index is -0.532. The predicted octanol–water partition coefficient (Wildman–Crippen LogP) is 0.977. The second kappa shape index (κ2) is 9.05. The number of nitrogens with one attached hydrogen (secondary N) is 3. The van der Waals surface area contributed by atoms with Crippen LogP contribution in [0.2, 0.25) is 0 Å². The van der Waals surface area contributed by atoms with Crippen molar-refractivity contribution < 1.29 is 9.59 Å². The summed E-state index contributed by atoms with van der Waals surface area (Å²) in [5.74, 6) is 0.496. The van der Waals surface area contributed by atoms with Crippen molar-refractivity contribution in [3.63, 3.8) is 0 Å². The number of rotatable bonds is 6. The zero-order valence-electron chi connectivity index (χ0n) is 14.3. The smallest absolute Gasteiger partial charge is 0.315 e. The van der Waals surface area contributed by atoms with Gasteiger partial charge in [-0.05, 0) is 39.2 Å². The van der Waals surface area contributed by atoms with E-state index in [1.54, 1.807) is 25.4 Å². The molecule has 1 saturated heterocycles. The lowest BCUT2D eigenvalue weighted by atomic mass is 10.0. The molecule has 2 atom stereocenters. The summed E-state index contributed by atoms with van der Waals surface area (Å²) in [5, 5.41) is 8.40. The molecule has 0 unspecified atom stereocenters. The van der Waals surface area contributed by atoms with Gasteiger partial charge in [0.15, 0.2) is 0 Å². The molecule has 0 bridgehead atoms. The van der Waals surface area contributed by atoms with Crippen molar-refractivity contribution in [2.45, 2.75) is 45.2 Å². The van der Waals surface area contributed by atoms with E-state index >= 15 is 0 Å². The number of anilines is 1. The van der Waals surface area contributed by atoms with Gasteiger partial charge in [0.2, 0.25) is 11.9 Å². The molecule has 1 fully saturated rings. The molecule has 1 aromatic heterocycles. The topological polar surface area (TPSA) is 99.3 Å². The molecule has 0 radical (unpaired) electrons. The van der Waals surface area contributed by atoms with E-state index in [2.05, 4.69) is 32.8 Å². The van der Waals surface area contributed by atoms with Crippen LogP contribution in [0.5, 0.6) is 0 Å². The highest BCUT2D eigenvalue weighted by molar-refractivity contribution is 5.87. The number of amides is 3. The standard InChI is InChI=1S/C16H26N6O2/c1-12-6-3-4-11-22(12)14(23)13(2)21-16(24)20-10-9-19-15-17-7-5-8-18-15/h5,7-8,12-13H,3-4,6,9-11H2,1-2H3,(H,17,18,19)(H2,20,21,24)/t12-,13-/m0/s1. The molecule has 0 aromatic carbocycles. The van der Waals surface area contributed by atoms with Crippen molar-refractivity contribution in [2.24, 2.45) is 0 Å². The predicted molar refractivity (Wildman–Crippen MR) is 91.5 cm³/mol. The first-order chi connectivity index (χ1) is 11.6. The van der Waals surface area contributed by atoms with Crippen LogP contribution < -0.4 is 16.0 Å². The number of carbonyl (C=O) groups excluding carboxylic acids is 2. The van der Waals surface area contributed by atoms with Gasteiger partial charge in [0, 0.05) is 38.1 Å². The van der Waals surface area contributed by atoms with Crippen molar-refractivity contribution in [3.05, 3.63) is 18.5 Å². The van der Waals surface area contributed by atoms with Gasteiger partial charge in [-0.2, -0.15) is 0 Å². The fraction of sp³-hybridized carbons (Fsp3) is 0.625. The summed E-state index contributed by atoms with van der Waals surface area (Å²) in [6.07, 6.45) is 6.50. The summed E-state index contributed by atoms with van der Waals surface area (Å²) in [7, 11) is 0. The fourth-order valence-corrected chi connectivity index (χ4v) is 2.72. The quantitative estimate of drug-likeness (QED) is 0.674. The molecule has 1 aromatic rings. The van der Waals surface area contributed by atoms with Crippen molar-refractivity contribution in [3.8, 4) is 0 Å². The Morgan fingerprint density at radius 2 is 2.04 bits per heavy atom. The highest BCUT2D eigenvalue weighted by Gasteiger charge is 2.27. The highest BCUT2D eigenvalue weighted by atomic mass is 16.2. The molecule has 24 heavy (non-hydrogen) atoms. The van der Waals surface area contributed by atoms with Crippen LogP contribution in [0, 0.1) is 0 Å². The first-order valence-corrected chi connectivity index (χ1v) is 8.43. The number of hydrogen-bond acceptors (Lipinski definition) is 5. The molecule has 132 valence electrons. The summed E-state index contributed by atoms with van der Waals surface area (Å²) in [5.41, 5.74) is 0. The summed E-state index contributed by atoms with van der Waals surface area (Å²) in [6, 6.07) is 1.10. The van der Waals surface area contributed by atoms with E-state index in [4.69, 9.17) is 0 Å². The molecule has 0 saturated carbocycles. The maximum Gasteiger partial charge on any atom is 0.315 e. The Labute approximate surface area is 142 Å². The number of urea groups is 1. The van der Waals surface area contributed by atoms with Crippen LogP contribution in [0.15, 0.2) is 18.5 Å². The van der Waals surface area contributed by atoms with Crippen LogP contribution >= 0.6 is 0 Å². The number of hydrogen-bond donors (Lipinski definition) is 3. The number of likely N-dealkylation sites (tertiary alicyclic amines) is 1. The summed E-state index contributed by atoms with van der Waals surface area (Å²) >= 11 is 0. The zero-order valence-corrected chi connectivity index (χ0v) is 14.3. The highest BCUT2D eigenvalue weighted by Crippen LogP contribution is 2.17. The molecule has 1 aliphatic heterocycles.